The van der Waals surface area contributed by atoms with Crippen molar-refractivity contribution in [1.82, 2.24) is 25.2 Å². The second kappa shape index (κ2) is 11.8. The monoisotopic (exact) mass is 659 g/mol. The molecule has 0 bridgehead atoms. The summed E-state index contributed by atoms with van der Waals surface area (Å²) in [4.78, 5) is 16.4. The van der Waals surface area contributed by atoms with Crippen LogP contribution in [0, 0.1) is 12.7 Å². The molecular weight excluding hydrogens is 628 g/mol. The number of nitrogens with two attached hydrogens (primary N) is 1. The number of nitrogens with one attached hydrogen (secondary N) is 1. The summed E-state index contributed by atoms with van der Waals surface area (Å²) in [6, 6.07) is 0.0752. The normalized spacial score (nSPS) is 23.5. The first-order valence-electron chi connectivity index (χ1n) is 14.7. The lowest BCUT2D eigenvalue weighted by Crippen LogP contribution is -2.63. The molecule has 3 aliphatic rings. The summed E-state index contributed by atoms with van der Waals surface area (Å²) in [6.07, 6.45) is -6.12. The molecule has 16 heteroatoms. The highest BCUT2D eigenvalue weighted by molar-refractivity contribution is 6.36. The summed E-state index contributed by atoms with van der Waals surface area (Å²) in [5, 5.41) is 3.18. The fourth-order valence-electron chi connectivity index (χ4n) is 6.54. The van der Waals surface area contributed by atoms with Crippen LogP contribution in [0.3, 0.4) is 0 Å². The molecule has 3 aromatic rings. The van der Waals surface area contributed by atoms with Crippen LogP contribution >= 0.6 is 11.6 Å². The molecule has 2 fully saturated rings. The molecule has 45 heavy (non-hydrogen) atoms. The van der Waals surface area contributed by atoms with Gasteiger partial charge in [0.2, 0.25) is 0 Å². The van der Waals surface area contributed by atoms with E-state index in [-0.39, 0.29) is 77.2 Å². The van der Waals surface area contributed by atoms with E-state index >= 15 is 4.39 Å². The molecule has 0 saturated carbocycles. The van der Waals surface area contributed by atoms with Crippen LogP contribution in [0.25, 0.3) is 22.2 Å². The van der Waals surface area contributed by atoms with E-state index in [1.807, 2.05) is 18.7 Å². The highest BCUT2D eigenvalue weighted by Crippen LogP contribution is 2.50. The van der Waals surface area contributed by atoms with Crippen molar-refractivity contribution in [2.24, 2.45) is 0 Å². The predicted molar refractivity (Wildman–Crippen MR) is 157 cm³/mol. The van der Waals surface area contributed by atoms with Crippen LogP contribution in [-0.2, 0) is 6.18 Å². The van der Waals surface area contributed by atoms with Gasteiger partial charge >= 0.3 is 12.2 Å². The zero-order valence-corrected chi connectivity index (χ0v) is 25.4. The Morgan fingerprint density at radius 3 is 2.64 bits per heavy atom. The Morgan fingerprint density at radius 2 is 2.00 bits per heavy atom. The molecule has 6 rings (SSSR count). The predicted octanol–water partition coefficient (Wildman–Crippen LogP) is 5.45. The average Bonchev–Trinajstić information content (AvgIpc) is 3.10. The molecule has 5 heterocycles. The van der Waals surface area contributed by atoms with E-state index in [0.717, 1.165) is 6.07 Å². The van der Waals surface area contributed by atoms with E-state index in [1.54, 1.807) is 4.90 Å². The number of pyridine rings is 1. The van der Waals surface area contributed by atoms with Gasteiger partial charge in [0.25, 0.3) is 6.43 Å². The Morgan fingerprint density at radius 1 is 1.24 bits per heavy atom. The number of aryl methyl sites for hydroxylation is 1. The van der Waals surface area contributed by atoms with Gasteiger partial charge in [-0.15, -0.1) is 0 Å². The fourth-order valence-corrected chi connectivity index (χ4v) is 6.87. The van der Waals surface area contributed by atoms with E-state index in [0.29, 0.717) is 25.9 Å². The lowest BCUT2D eigenvalue weighted by atomic mass is 9.97. The van der Waals surface area contributed by atoms with Crippen molar-refractivity contribution in [2.45, 2.75) is 70.4 Å². The van der Waals surface area contributed by atoms with Crippen LogP contribution in [0.2, 0.25) is 5.02 Å². The van der Waals surface area contributed by atoms with E-state index in [2.05, 4.69) is 20.3 Å². The molecule has 0 spiro atoms. The molecule has 0 radical (unpaired) electrons. The summed E-state index contributed by atoms with van der Waals surface area (Å²) in [7, 11) is 0. The molecule has 1 aromatic carbocycles. The zero-order chi connectivity index (χ0) is 32.4. The summed E-state index contributed by atoms with van der Waals surface area (Å²) in [5.41, 5.74) is 2.53. The Kier molecular flexibility index (Phi) is 8.31. The first-order valence-corrected chi connectivity index (χ1v) is 15.0. The minimum absolute atomic E-state index is 0.00609. The van der Waals surface area contributed by atoms with Crippen molar-refractivity contribution >= 4 is 34.1 Å². The van der Waals surface area contributed by atoms with Crippen LogP contribution in [0.4, 0.5) is 38.0 Å². The number of piperazine rings is 1. The van der Waals surface area contributed by atoms with Gasteiger partial charge in [0.15, 0.2) is 11.6 Å². The van der Waals surface area contributed by atoms with Gasteiger partial charge in [-0.05, 0) is 38.3 Å². The maximum Gasteiger partial charge on any atom is 0.418 e. The number of nitrogen functional groups attached to an aromatic ring is 1. The van der Waals surface area contributed by atoms with Gasteiger partial charge in [-0.25, -0.2) is 18.2 Å². The molecule has 2 saturated heterocycles. The first-order chi connectivity index (χ1) is 21.3. The summed E-state index contributed by atoms with van der Waals surface area (Å²) in [5.74, 6) is -1.28. The van der Waals surface area contributed by atoms with E-state index in [1.165, 1.54) is 6.92 Å². The van der Waals surface area contributed by atoms with Gasteiger partial charge in [0.1, 0.15) is 30.4 Å². The highest BCUT2D eigenvalue weighted by atomic mass is 35.5. The van der Waals surface area contributed by atoms with Gasteiger partial charge in [-0.1, -0.05) is 18.5 Å². The van der Waals surface area contributed by atoms with Crippen LogP contribution in [0.5, 0.6) is 11.8 Å². The second-order valence-corrected chi connectivity index (χ2v) is 12.1. The van der Waals surface area contributed by atoms with E-state index in [9.17, 15) is 22.0 Å². The number of benzene rings is 1. The minimum atomic E-state index is -4.92. The van der Waals surface area contributed by atoms with Gasteiger partial charge in [-0.2, -0.15) is 23.1 Å². The van der Waals surface area contributed by atoms with Crippen LogP contribution in [0.15, 0.2) is 6.07 Å². The number of aromatic nitrogens is 3. The van der Waals surface area contributed by atoms with Gasteiger partial charge in [-0.3, -0.25) is 4.90 Å². The Labute approximate surface area is 260 Å². The fraction of sp³-hybridized carbons (Fsp3) is 0.552. The Hall–Kier alpha value is -3.30. The molecule has 2 aromatic heterocycles. The van der Waals surface area contributed by atoms with Crippen LogP contribution in [-0.4, -0.2) is 83.3 Å². The summed E-state index contributed by atoms with van der Waals surface area (Å²) < 4.78 is 97.8. The third kappa shape index (κ3) is 5.67. The number of hydrogen-bond acceptors (Lipinski definition) is 9. The highest BCUT2D eigenvalue weighted by Gasteiger charge is 2.43. The molecule has 3 N–H and O–H groups in total. The summed E-state index contributed by atoms with van der Waals surface area (Å²) >= 11 is 6.75. The third-order valence-electron chi connectivity index (χ3n) is 8.69. The molecule has 0 amide bonds. The Bertz CT molecular complexity index is 1630. The SMILES string of the molecule is CC[C@@H]1N[C@H](C)CN2c3nc(OC[C@@H]4CCN4CC(F)F)nc4c(F)c(-c5nc(N)cc(C)c5C(F)(F)F)c(Cl)c(c34)OC[C@H]12. The average molecular weight is 660 g/mol. The van der Waals surface area contributed by atoms with Gasteiger partial charge in [0.05, 0.1) is 39.8 Å². The molecule has 0 unspecified atom stereocenters. The van der Waals surface area contributed by atoms with E-state index < -0.39 is 46.8 Å². The maximum atomic E-state index is 16.7. The number of alkyl halides is 5. The lowest BCUT2D eigenvalue weighted by molar-refractivity contribution is -0.137. The van der Waals surface area contributed by atoms with E-state index in [4.69, 9.17) is 26.8 Å². The van der Waals surface area contributed by atoms with Gasteiger partial charge < -0.3 is 25.4 Å². The maximum absolute atomic E-state index is 16.7. The van der Waals surface area contributed by atoms with Gasteiger partial charge in [0, 0.05) is 31.2 Å². The molecular formula is C29H32ClF6N7O2. The van der Waals surface area contributed by atoms with Crippen LogP contribution < -0.4 is 25.4 Å². The number of likely N-dealkylation sites (tertiary alicyclic amines) is 1. The van der Waals surface area contributed by atoms with Crippen LogP contribution in [0.1, 0.15) is 37.8 Å². The standard InChI is InChI=1S/C29H32ClF6N7O2/c1-4-15-16-11-44-26-20-25(23(33)19(22(26)30)24-21(29(34,35)36)12(2)7-18(37)39-24)40-28(41-27(20)43(16)8-13(3)38-15)45-10-14-5-6-42(14)9-17(31)32/h7,13-17,38H,4-6,8-11H2,1-3H3,(H2,37,39)/t13-,14+,15+,16-/m1/s1. The molecule has 4 atom stereocenters. The molecule has 0 aliphatic carbocycles. The lowest BCUT2D eigenvalue weighted by Gasteiger charge is -2.44. The second-order valence-electron chi connectivity index (χ2n) is 11.7. The number of nitrogens with zero attached hydrogens (tertiary/aromatic N) is 5. The number of hydrogen-bond donors (Lipinski definition) is 2. The van der Waals surface area contributed by atoms with Crippen molar-refractivity contribution in [3.8, 4) is 23.0 Å². The Balaban J connectivity index is 1.56. The smallest absolute Gasteiger partial charge is 0.418 e. The number of ether oxygens (including phenoxy) is 2. The molecule has 3 aliphatic heterocycles. The summed E-state index contributed by atoms with van der Waals surface area (Å²) in [6.45, 7) is 5.70. The topological polar surface area (TPSA) is 102 Å². The quantitative estimate of drug-likeness (QED) is 0.321. The number of fused-ring (bicyclic) bond motifs is 2. The number of rotatable bonds is 7. The largest absolute Gasteiger partial charge is 0.489 e. The van der Waals surface area contributed by atoms with Crippen molar-refractivity contribution < 1.29 is 35.8 Å². The first kappa shape index (κ1) is 31.7. The molecule has 244 valence electrons. The van der Waals surface area contributed by atoms with Crippen molar-refractivity contribution in [2.75, 3.05) is 43.5 Å². The third-order valence-corrected chi connectivity index (χ3v) is 9.05. The zero-order valence-electron chi connectivity index (χ0n) is 24.7. The van der Waals surface area contributed by atoms with Crippen molar-refractivity contribution in [1.29, 1.82) is 0 Å². The van der Waals surface area contributed by atoms with Crippen molar-refractivity contribution in [3.05, 3.63) is 28.0 Å². The van der Waals surface area contributed by atoms with Crippen molar-refractivity contribution in [3.63, 3.8) is 0 Å². The number of halogens is 7. The number of anilines is 2. The molecule has 9 nitrogen and oxygen atoms in total. The minimum Gasteiger partial charge on any atom is -0.489 e.